The minimum atomic E-state index is -0.178. The van der Waals surface area contributed by atoms with Gasteiger partial charge >= 0.3 is 0 Å². The maximum absolute atomic E-state index is 12.1. The van der Waals surface area contributed by atoms with Crippen LogP contribution < -0.4 is 10.2 Å². The normalized spacial score (nSPS) is 14.2. The molecule has 1 aliphatic heterocycles. The van der Waals surface area contributed by atoms with Gasteiger partial charge in [-0.3, -0.25) is 9.59 Å². The van der Waals surface area contributed by atoms with E-state index in [9.17, 15) is 9.59 Å². The molecule has 0 atom stereocenters. The first-order valence-corrected chi connectivity index (χ1v) is 6.86. The lowest BCUT2D eigenvalue weighted by atomic mass is 10.1. The van der Waals surface area contributed by atoms with Gasteiger partial charge in [-0.15, -0.1) is 0 Å². The molecule has 112 valence electrons. The molecule has 0 saturated heterocycles. The zero-order valence-electron chi connectivity index (χ0n) is 12.3. The molecule has 0 bridgehead atoms. The number of rotatable bonds is 5. The smallest absolute Gasteiger partial charge is 0.269 e. The molecule has 0 unspecified atom stereocenters. The second-order valence-corrected chi connectivity index (χ2v) is 4.98. The number of hydrogen-bond acceptors (Lipinski definition) is 4. The van der Waals surface area contributed by atoms with Crippen molar-refractivity contribution in [2.24, 2.45) is 5.10 Å². The van der Waals surface area contributed by atoms with Gasteiger partial charge < -0.3 is 9.64 Å². The summed E-state index contributed by atoms with van der Waals surface area (Å²) in [4.78, 5) is 24.6. The van der Waals surface area contributed by atoms with Crippen molar-refractivity contribution in [1.82, 2.24) is 10.3 Å². The minimum Gasteiger partial charge on any atom is -0.492 e. The maximum Gasteiger partial charge on any atom is 0.269 e. The van der Waals surface area contributed by atoms with E-state index in [1.54, 1.807) is 11.9 Å². The first-order valence-electron chi connectivity index (χ1n) is 6.86. The summed E-state index contributed by atoms with van der Waals surface area (Å²) in [6.07, 6.45) is 0.687. The lowest BCUT2D eigenvalue weighted by Crippen LogP contribution is -2.39. The van der Waals surface area contributed by atoms with Gasteiger partial charge in [0, 0.05) is 19.9 Å². The molecule has 6 heteroatoms. The third kappa shape index (κ3) is 4.30. The van der Waals surface area contributed by atoms with Crippen LogP contribution in [0.4, 0.5) is 0 Å². The van der Waals surface area contributed by atoms with Crippen LogP contribution >= 0.6 is 0 Å². The van der Waals surface area contributed by atoms with Crippen LogP contribution in [0.15, 0.2) is 29.4 Å². The SMILES string of the molecule is Cc1ccc(OCCN(C)C(=O)C2=NNC(=O)CC2)cc1. The number of benzene rings is 1. The summed E-state index contributed by atoms with van der Waals surface area (Å²) in [6, 6.07) is 7.75. The highest BCUT2D eigenvalue weighted by Gasteiger charge is 2.21. The Kier molecular flexibility index (Phi) is 4.92. The van der Waals surface area contributed by atoms with Crippen LogP contribution in [0.1, 0.15) is 18.4 Å². The molecule has 21 heavy (non-hydrogen) atoms. The molecule has 1 aromatic carbocycles. The Balaban J connectivity index is 1.79. The van der Waals surface area contributed by atoms with Crippen molar-refractivity contribution >= 4 is 17.5 Å². The van der Waals surface area contributed by atoms with Gasteiger partial charge in [0.1, 0.15) is 18.1 Å². The van der Waals surface area contributed by atoms with Crippen molar-refractivity contribution in [1.29, 1.82) is 0 Å². The lowest BCUT2D eigenvalue weighted by molar-refractivity contribution is -0.123. The monoisotopic (exact) mass is 289 g/mol. The van der Waals surface area contributed by atoms with E-state index in [1.807, 2.05) is 31.2 Å². The van der Waals surface area contributed by atoms with Gasteiger partial charge in [0.25, 0.3) is 5.91 Å². The quantitative estimate of drug-likeness (QED) is 0.882. The Morgan fingerprint density at radius 2 is 2.05 bits per heavy atom. The summed E-state index contributed by atoms with van der Waals surface area (Å²) in [5, 5.41) is 3.79. The van der Waals surface area contributed by atoms with Crippen LogP contribution in [0, 0.1) is 6.92 Å². The predicted octanol–water partition coefficient (Wildman–Crippen LogP) is 1.10. The number of ether oxygens (including phenoxy) is 1. The molecule has 0 fully saturated rings. The van der Waals surface area contributed by atoms with E-state index in [4.69, 9.17) is 4.74 Å². The second-order valence-electron chi connectivity index (χ2n) is 4.98. The number of aryl methyl sites for hydroxylation is 1. The van der Waals surface area contributed by atoms with Crippen LogP contribution in [0.25, 0.3) is 0 Å². The summed E-state index contributed by atoms with van der Waals surface area (Å²) in [6.45, 7) is 2.88. The Morgan fingerprint density at radius 3 is 2.67 bits per heavy atom. The number of carbonyl (C=O) groups excluding carboxylic acids is 2. The van der Waals surface area contributed by atoms with Crippen molar-refractivity contribution in [2.45, 2.75) is 19.8 Å². The van der Waals surface area contributed by atoms with Gasteiger partial charge in [0.2, 0.25) is 5.91 Å². The van der Waals surface area contributed by atoms with Crippen LogP contribution in [-0.2, 0) is 9.59 Å². The fourth-order valence-corrected chi connectivity index (χ4v) is 1.89. The van der Waals surface area contributed by atoms with E-state index in [0.29, 0.717) is 31.7 Å². The molecule has 0 aromatic heterocycles. The molecule has 2 amide bonds. The van der Waals surface area contributed by atoms with Crippen molar-refractivity contribution in [3.63, 3.8) is 0 Å². The number of nitrogens with one attached hydrogen (secondary N) is 1. The van der Waals surface area contributed by atoms with Gasteiger partial charge in [0.05, 0.1) is 6.54 Å². The number of carbonyl (C=O) groups is 2. The van der Waals surface area contributed by atoms with Gasteiger partial charge in [-0.05, 0) is 19.1 Å². The standard InChI is InChI=1S/C15H19N3O3/c1-11-3-5-12(6-4-11)21-10-9-18(2)15(20)13-7-8-14(19)17-16-13/h3-6H,7-10H2,1-2H3,(H,17,19). The van der Waals surface area contributed by atoms with Crippen LogP contribution in [0.3, 0.4) is 0 Å². The van der Waals surface area contributed by atoms with Gasteiger partial charge in [-0.2, -0.15) is 5.10 Å². The van der Waals surface area contributed by atoms with Crippen LogP contribution in [0.2, 0.25) is 0 Å². The number of nitrogens with zero attached hydrogens (tertiary/aromatic N) is 2. The number of hydrogen-bond donors (Lipinski definition) is 1. The van der Waals surface area contributed by atoms with Crippen LogP contribution in [0.5, 0.6) is 5.75 Å². The van der Waals surface area contributed by atoms with Crippen molar-refractivity contribution in [3.05, 3.63) is 29.8 Å². The summed E-state index contributed by atoms with van der Waals surface area (Å²) in [7, 11) is 1.69. The molecule has 0 spiro atoms. The first kappa shape index (κ1) is 15.0. The molecule has 1 N–H and O–H groups in total. The highest BCUT2D eigenvalue weighted by molar-refractivity contribution is 6.39. The highest BCUT2D eigenvalue weighted by atomic mass is 16.5. The third-order valence-electron chi connectivity index (χ3n) is 3.21. The molecule has 2 rings (SSSR count). The average Bonchev–Trinajstić information content (AvgIpc) is 2.49. The largest absolute Gasteiger partial charge is 0.492 e. The summed E-state index contributed by atoms with van der Waals surface area (Å²) >= 11 is 0. The fourth-order valence-electron chi connectivity index (χ4n) is 1.89. The second kappa shape index (κ2) is 6.88. The van der Waals surface area contributed by atoms with E-state index in [-0.39, 0.29) is 11.8 Å². The average molecular weight is 289 g/mol. The fraction of sp³-hybridized carbons (Fsp3) is 0.400. The Labute approximate surface area is 123 Å². The predicted molar refractivity (Wildman–Crippen MR) is 79.1 cm³/mol. The Hall–Kier alpha value is -2.37. The summed E-state index contributed by atoms with van der Waals surface area (Å²) in [5.41, 5.74) is 3.88. The maximum atomic E-state index is 12.1. The highest BCUT2D eigenvalue weighted by Crippen LogP contribution is 2.11. The molecule has 0 radical (unpaired) electrons. The van der Waals surface area contributed by atoms with E-state index < -0.39 is 0 Å². The molecule has 0 aliphatic carbocycles. The molecule has 1 aliphatic rings. The van der Waals surface area contributed by atoms with E-state index in [1.165, 1.54) is 5.56 Å². The number of amides is 2. The van der Waals surface area contributed by atoms with Gasteiger partial charge in [-0.25, -0.2) is 5.43 Å². The van der Waals surface area contributed by atoms with Crippen molar-refractivity contribution in [3.8, 4) is 5.75 Å². The molecule has 0 saturated carbocycles. The van der Waals surface area contributed by atoms with Gasteiger partial charge in [-0.1, -0.05) is 17.7 Å². The zero-order valence-corrected chi connectivity index (χ0v) is 12.3. The van der Waals surface area contributed by atoms with Crippen molar-refractivity contribution in [2.75, 3.05) is 20.2 Å². The molecule has 6 nitrogen and oxygen atoms in total. The molecular weight excluding hydrogens is 270 g/mol. The third-order valence-corrected chi connectivity index (χ3v) is 3.21. The molecule has 1 aromatic rings. The van der Waals surface area contributed by atoms with Gasteiger partial charge in [0.15, 0.2) is 0 Å². The first-order chi connectivity index (χ1) is 10.1. The topological polar surface area (TPSA) is 71.0 Å². The molecule has 1 heterocycles. The Morgan fingerprint density at radius 1 is 1.33 bits per heavy atom. The summed E-state index contributed by atoms with van der Waals surface area (Å²) < 4.78 is 5.58. The van der Waals surface area contributed by atoms with Crippen LogP contribution in [-0.4, -0.2) is 42.6 Å². The van der Waals surface area contributed by atoms with E-state index in [2.05, 4.69) is 10.5 Å². The van der Waals surface area contributed by atoms with E-state index in [0.717, 1.165) is 5.75 Å². The molecular formula is C15H19N3O3. The number of hydrazone groups is 1. The zero-order chi connectivity index (χ0) is 15.2. The Bertz CT molecular complexity index is 552. The lowest BCUT2D eigenvalue weighted by Gasteiger charge is -2.20. The summed E-state index contributed by atoms with van der Waals surface area (Å²) in [5.74, 6) is 0.447. The van der Waals surface area contributed by atoms with E-state index >= 15 is 0 Å². The van der Waals surface area contributed by atoms with Crippen molar-refractivity contribution < 1.29 is 14.3 Å². The minimum absolute atomic E-state index is 0.156. The number of likely N-dealkylation sites (N-methyl/N-ethyl adjacent to an activating group) is 1.